The average molecular weight is 764 g/mol. The molecule has 0 aromatic carbocycles. The molecule has 0 spiro atoms. The molecule has 0 saturated carbocycles. The highest BCUT2D eigenvalue weighted by atomic mass is 16.6. The Morgan fingerprint density at radius 1 is 0.796 bits per heavy atom. The molecule has 0 aromatic rings. The second-order valence-corrected chi connectivity index (χ2v) is 21.9. The zero-order chi connectivity index (χ0) is 42.3. The summed E-state index contributed by atoms with van der Waals surface area (Å²) in [6, 6.07) is -0.731. The van der Waals surface area contributed by atoms with E-state index >= 15 is 0 Å². The molecule has 0 N–H and O–H groups in total. The van der Waals surface area contributed by atoms with Crippen molar-refractivity contribution in [3.63, 3.8) is 0 Å². The number of amides is 1. The lowest BCUT2D eigenvalue weighted by atomic mass is 9.54. The minimum absolute atomic E-state index is 0.00292. The molecule has 2 heterocycles. The summed E-state index contributed by atoms with van der Waals surface area (Å²) in [5.41, 5.74) is -2.23. The molecular weight excluding hydrogens is 675 g/mol. The van der Waals surface area contributed by atoms with Gasteiger partial charge in [0.1, 0.15) is 18.2 Å². The summed E-state index contributed by atoms with van der Waals surface area (Å²) in [5.74, 6) is 1.36. The van der Waals surface area contributed by atoms with E-state index in [2.05, 4.69) is 118 Å². The van der Waals surface area contributed by atoms with Crippen LogP contribution in [0.3, 0.4) is 0 Å². The fourth-order valence-corrected chi connectivity index (χ4v) is 10.5. The predicted molar refractivity (Wildman–Crippen MR) is 224 cm³/mol. The second kappa shape index (κ2) is 17.4. The van der Waals surface area contributed by atoms with E-state index in [1.54, 1.807) is 26.2 Å². The number of hydrogen-bond acceptors (Lipinski definition) is 6. The molecule has 318 valence electrons. The van der Waals surface area contributed by atoms with Crippen LogP contribution in [-0.4, -0.2) is 74.1 Å². The van der Waals surface area contributed by atoms with Crippen molar-refractivity contribution in [2.24, 2.45) is 68.5 Å². The number of likely N-dealkylation sites (N-methyl/N-ethyl adjacent to an activating group) is 1. The second-order valence-electron chi connectivity index (χ2n) is 21.9. The fourth-order valence-electron chi connectivity index (χ4n) is 10.5. The minimum Gasteiger partial charge on any atom is -0.460 e. The van der Waals surface area contributed by atoms with Crippen molar-refractivity contribution in [2.75, 3.05) is 21.3 Å². The van der Waals surface area contributed by atoms with E-state index in [-0.39, 0.29) is 75.7 Å². The number of nitrogens with zero attached hydrogens (tertiary/aromatic N) is 1. The van der Waals surface area contributed by atoms with Gasteiger partial charge in [0, 0.05) is 26.7 Å². The quantitative estimate of drug-likeness (QED) is 0.260. The number of fused-ring (bicyclic) bond motifs is 2. The molecule has 54 heavy (non-hydrogen) atoms. The molecule has 2 bridgehead atoms. The molecule has 7 nitrogen and oxygen atoms in total. The zero-order valence-corrected chi connectivity index (χ0v) is 39.7. The summed E-state index contributed by atoms with van der Waals surface area (Å²) < 4.78 is 26.5. The van der Waals surface area contributed by atoms with E-state index < -0.39 is 17.1 Å². The van der Waals surface area contributed by atoms with Crippen LogP contribution in [0.4, 0.5) is 0 Å². The molecule has 2 aliphatic heterocycles. The molecule has 12 atom stereocenters. The summed E-state index contributed by atoms with van der Waals surface area (Å²) in [7, 11) is 5.31. The van der Waals surface area contributed by atoms with E-state index in [0.29, 0.717) is 30.1 Å². The first-order valence-corrected chi connectivity index (χ1v) is 21.6. The van der Waals surface area contributed by atoms with Gasteiger partial charge < -0.3 is 23.8 Å². The van der Waals surface area contributed by atoms with Gasteiger partial charge in [-0.15, -0.1) is 0 Å². The first kappa shape index (κ1) is 49.0. The van der Waals surface area contributed by atoms with Crippen LogP contribution in [0.5, 0.6) is 0 Å². The summed E-state index contributed by atoms with van der Waals surface area (Å²) >= 11 is 0. The predicted octanol–water partition coefficient (Wildman–Crippen LogP) is 11.1. The summed E-state index contributed by atoms with van der Waals surface area (Å²) in [6.07, 6.45) is 1.93. The smallest absolute Gasteiger partial charge is 0.329 e. The van der Waals surface area contributed by atoms with Crippen molar-refractivity contribution in [1.82, 2.24) is 4.90 Å². The standard InChI is InChI=1S/C47H89NO6/c1-24-35-40(49)53-39(43(12,13)28(2)3)33(8)44(14,15)31(6)27-42(10,11)34(9)45(16,17)32(7)29(4)25-36(51-22)38-37(52-23)26-30(5)47(20,54-38)46(18,19)41(50)48(35)21/h28-39H,24-27H2,1-23H3. The van der Waals surface area contributed by atoms with Crippen LogP contribution in [0.2, 0.25) is 0 Å². The third-order valence-electron chi connectivity index (χ3n) is 17.6. The molecule has 12 unspecified atom stereocenters. The van der Waals surface area contributed by atoms with Gasteiger partial charge in [0.15, 0.2) is 0 Å². The lowest BCUT2D eigenvalue weighted by molar-refractivity contribution is -0.265. The van der Waals surface area contributed by atoms with Gasteiger partial charge in [0.05, 0.1) is 23.2 Å². The Bertz CT molecular complexity index is 1250. The largest absolute Gasteiger partial charge is 0.460 e. The maximum Gasteiger partial charge on any atom is 0.329 e. The highest BCUT2D eigenvalue weighted by Crippen LogP contribution is 2.55. The highest BCUT2D eigenvalue weighted by Gasteiger charge is 2.59. The number of ether oxygens (including phenoxy) is 4. The van der Waals surface area contributed by atoms with E-state index in [0.717, 1.165) is 19.3 Å². The Labute approximate surface area is 334 Å². The minimum atomic E-state index is -0.980. The average Bonchev–Trinajstić information content (AvgIpc) is 3.08. The summed E-state index contributed by atoms with van der Waals surface area (Å²) in [4.78, 5) is 31.1. The number of cyclic esters (lactones) is 1. The van der Waals surface area contributed by atoms with Crippen LogP contribution in [0, 0.1) is 68.5 Å². The zero-order valence-electron chi connectivity index (χ0n) is 39.7. The number of esters is 1. The van der Waals surface area contributed by atoms with Gasteiger partial charge in [-0.05, 0) is 104 Å². The number of hydrogen-bond donors (Lipinski definition) is 0. The normalized spacial score (nSPS) is 40.1. The molecule has 2 saturated heterocycles. The van der Waals surface area contributed by atoms with Crippen LogP contribution >= 0.6 is 0 Å². The Balaban J connectivity index is 2.88. The summed E-state index contributed by atoms with van der Waals surface area (Å²) in [6.45, 7) is 45.6. The Morgan fingerprint density at radius 3 is 1.76 bits per heavy atom. The molecule has 0 radical (unpaired) electrons. The van der Waals surface area contributed by atoms with Crippen molar-refractivity contribution >= 4 is 11.9 Å². The monoisotopic (exact) mass is 764 g/mol. The van der Waals surface area contributed by atoms with Crippen LogP contribution < -0.4 is 0 Å². The molecule has 7 heteroatoms. The van der Waals surface area contributed by atoms with Crippen molar-refractivity contribution < 1.29 is 28.5 Å². The van der Waals surface area contributed by atoms with Gasteiger partial charge in [-0.3, -0.25) is 4.79 Å². The Hall–Kier alpha value is -1.18. The Kier molecular flexibility index (Phi) is 15.7. The van der Waals surface area contributed by atoms with Gasteiger partial charge >= 0.3 is 5.97 Å². The molecule has 2 fully saturated rings. The highest BCUT2D eigenvalue weighted by molar-refractivity contribution is 5.88. The fraction of sp³-hybridized carbons (Fsp3) is 0.957. The van der Waals surface area contributed by atoms with Gasteiger partial charge in [-0.2, -0.15) is 0 Å². The van der Waals surface area contributed by atoms with Gasteiger partial charge in [0.2, 0.25) is 5.91 Å². The van der Waals surface area contributed by atoms with Gasteiger partial charge in [-0.25, -0.2) is 4.79 Å². The molecule has 2 aliphatic rings. The first-order chi connectivity index (χ1) is 24.4. The van der Waals surface area contributed by atoms with E-state index in [1.165, 1.54) is 0 Å². The molecule has 0 aliphatic carbocycles. The van der Waals surface area contributed by atoms with E-state index in [4.69, 9.17) is 18.9 Å². The first-order valence-electron chi connectivity index (χ1n) is 21.6. The molecule has 1 amide bonds. The van der Waals surface area contributed by atoms with Crippen molar-refractivity contribution in [3.8, 4) is 0 Å². The Morgan fingerprint density at radius 2 is 1.30 bits per heavy atom. The van der Waals surface area contributed by atoms with Crippen molar-refractivity contribution in [1.29, 1.82) is 0 Å². The van der Waals surface area contributed by atoms with Crippen molar-refractivity contribution in [2.45, 2.75) is 200 Å². The molecular formula is C47H89NO6. The molecule has 2 rings (SSSR count). The van der Waals surface area contributed by atoms with Crippen LogP contribution in [-0.2, 0) is 28.5 Å². The number of rotatable bonds is 5. The lowest BCUT2D eigenvalue weighted by Crippen LogP contribution is -2.65. The number of carbonyl (C=O) groups is 2. The molecule has 0 aromatic heterocycles. The summed E-state index contributed by atoms with van der Waals surface area (Å²) in [5, 5.41) is 0. The topological polar surface area (TPSA) is 74.3 Å². The van der Waals surface area contributed by atoms with E-state index in [9.17, 15) is 9.59 Å². The van der Waals surface area contributed by atoms with Gasteiger partial charge in [0.25, 0.3) is 0 Å². The van der Waals surface area contributed by atoms with E-state index in [1.807, 2.05) is 20.8 Å². The third kappa shape index (κ3) is 9.09. The number of carbonyl (C=O) groups excluding carboxylic acids is 2. The maximum absolute atomic E-state index is 14.9. The number of methoxy groups -OCH3 is 2. The third-order valence-corrected chi connectivity index (χ3v) is 17.6. The van der Waals surface area contributed by atoms with Gasteiger partial charge in [-0.1, -0.05) is 118 Å². The maximum atomic E-state index is 14.9. The SMILES string of the molecule is CCC1C(=O)OC(C(C)(C)C(C)C)C(C)C(C)(C)C(C)CC(C)(C)C(C)C(C)(C)C(C)C(C)CC(OC)C2OC(C)(C(C)CC2OC)C(C)(C)C(=O)N1C. The van der Waals surface area contributed by atoms with Crippen LogP contribution in [0.1, 0.15) is 164 Å². The van der Waals surface area contributed by atoms with Crippen LogP contribution in [0.25, 0.3) is 0 Å². The lowest BCUT2D eigenvalue weighted by Gasteiger charge is -2.55. The van der Waals surface area contributed by atoms with Crippen molar-refractivity contribution in [3.05, 3.63) is 0 Å². The van der Waals surface area contributed by atoms with Crippen LogP contribution in [0.15, 0.2) is 0 Å².